The molecule has 2 aromatic rings. The van der Waals surface area contributed by atoms with Crippen LogP contribution in [0, 0.1) is 0 Å². The van der Waals surface area contributed by atoms with E-state index >= 15 is 0 Å². The summed E-state index contributed by atoms with van der Waals surface area (Å²) >= 11 is 6.11. The van der Waals surface area contributed by atoms with Crippen molar-refractivity contribution in [2.24, 2.45) is 0 Å². The van der Waals surface area contributed by atoms with Gasteiger partial charge in [0.1, 0.15) is 13.2 Å². The molecule has 0 fully saturated rings. The molecule has 1 aliphatic heterocycles. The van der Waals surface area contributed by atoms with Gasteiger partial charge in [0.2, 0.25) is 0 Å². The molecule has 0 atom stereocenters. The molecule has 0 spiro atoms. The average molecular weight is 334 g/mol. The quantitative estimate of drug-likeness (QED) is 0.901. The van der Waals surface area contributed by atoms with E-state index in [9.17, 15) is 9.59 Å². The van der Waals surface area contributed by atoms with Gasteiger partial charge in [0, 0.05) is 11.8 Å². The third kappa shape index (κ3) is 3.22. The molecule has 1 heterocycles. The lowest BCUT2D eigenvalue weighted by Crippen LogP contribution is -2.17. The monoisotopic (exact) mass is 333 g/mol. The Labute approximate surface area is 136 Å². The van der Waals surface area contributed by atoms with Gasteiger partial charge in [-0.3, -0.25) is 4.79 Å². The van der Waals surface area contributed by atoms with Crippen LogP contribution in [0.4, 0.5) is 5.69 Å². The summed E-state index contributed by atoms with van der Waals surface area (Å²) in [7, 11) is 0. The highest BCUT2D eigenvalue weighted by molar-refractivity contribution is 6.34. The largest absolute Gasteiger partial charge is 0.486 e. The molecule has 0 bridgehead atoms. The molecule has 0 aromatic heterocycles. The van der Waals surface area contributed by atoms with Crippen molar-refractivity contribution in [1.29, 1.82) is 0 Å². The van der Waals surface area contributed by atoms with Crippen molar-refractivity contribution in [3.05, 3.63) is 52.5 Å². The highest BCUT2D eigenvalue weighted by atomic mass is 35.5. The SMILES string of the molecule is O=C(O)c1cccc(NC(=O)c2cc3c(cc2Cl)OCCO3)c1. The first-order valence-electron chi connectivity index (χ1n) is 6.78. The van der Waals surface area contributed by atoms with E-state index in [-0.39, 0.29) is 16.1 Å². The minimum atomic E-state index is -1.07. The fraction of sp³-hybridized carbons (Fsp3) is 0.125. The topological polar surface area (TPSA) is 84.9 Å². The second-order valence-corrected chi connectivity index (χ2v) is 5.22. The Kier molecular flexibility index (Phi) is 4.08. The summed E-state index contributed by atoms with van der Waals surface area (Å²) < 4.78 is 10.8. The van der Waals surface area contributed by atoms with Gasteiger partial charge < -0.3 is 19.9 Å². The summed E-state index contributed by atoms with van der Waals surface area (Å²) in [4.78, 5) is 23.3. The molecule has 0 unspecified atom stereocenters. The van der Waals surface area contributed by atoms with Gasteiger partial charge in [-0.05, 0) is 24.3 Å². The van der Waals surface area contributed by atoms with Crippen LogP contribution < -0.4 is 14.8 Å². The molecule has 2 N–H and O–H groups in total. The van der Waals surface area contributed by atoms with Crippen LogP contribution in [0.3, 0.4) is 0 Å². The van der Waals surface area contributed by atoms with Crippen LogP contribution in [-0.2, 0) is 0 Å². The van der Waals surface area contributed by atoms with Crippen LogP contribution in [0.25, 0.3) is 0 Å². The number of hydrogen-bond donors (Lipinski definition) is 2. The molecule has 2 aromatic carbocycles. The fourth-order valence-electron chi connectivity index (χ4n) is 2.17. The summed E-state index contributed by atoms with van der Waals surface area (Å²) in [6.45, 7) is 0.827. The summed E-state index contributed by atoms with van der Waals surface area (Å²) in [5.74, 6) is -0.594. The molecule has 118 valence electrons. The van der Waals surface area contributed by atoms with Crippen molar-refractivity contribution in [1.82, 2.24) is 0 Å². The number of halogens is 1. The number of carbonyl (C=O) groups excluding carboxylic acids is 1. The number of carboxylic acids is 1. The molecule has 0 aliphatic carbocycles. The summed E-state index contributed by atoms with van der Waals surface area (Å²) in [5.41, 5.74) is 0.661. The van der Waals surface area contributed by atoms with Gasteiger partial charge in [-0.25, -0.2) is 4.79 Å². The highest BCUT2D eigenvalue weighted by Crippen LogP contribution is 2.35. The van der Waals surface area contributed by atoms with Gasteiger partial charge in [-0.2, -0.15) is 0 Å². The first-order valence-corrected chi connectivity index (χ1v) is 7.16. The number of fused-ring (bicyclic) bond motifs is 1. The van der Waals surface area contributed by atoms with E-state index in [2.05, 4.69) is 5.32 Å². The normalized spacial score (nSPS) is 12.6. The number of hydrogen-bond acceptors (Lipinski definition) is 4. The lowest BCUT2D eigenvalue weighted by molar-refractivity contribution is 0.0696. The van der Waals surface area contributed by atoms with Crippen LogP contribution in [0.5, 0.6) is 11.5 Å². The molecule has 6 nitrogen and oxygen atoms in total. The number of amides is 1. The van der Waals surface area contributed by atoms with Crippen molar-refractivity contribution in [3.63, 3.8) is 0 Å². The lowest BCUT2D eigenvalue weighted by Gasteiger charge is -2.19. The predicted molar refractivity (Wildman–Crippen MR) is 83.8 cm³/mol. The minimum Gasteiger partial charge on any atom is -0.486 e. The Morgan fingerprint density at radius 2 is 1.78 bits per heavy atom. The molecule has 1 amide bonds. The van der Waals surface area contributed by atoms with Crippen molar-refractivity contribution < 1.29 is 24.2 Å². The number of aromatic carboxylic acids is 1. The van der Waals surface area contributed by atoms with Gasteiger partial charge in [-0.15, -0.1) is 0 Å². The first-order chi connectivity index (χ1) is 11.0. The molecule has 0 saturated carbocycles. The third-order valence-electron chi connectivity index (χ3n) is 3.24. The molecular weight excluding hydrogens is 322 g/mol. The maximum atomic E-state index is 12.4. The third-order valence-corrected chi connectivity index (χ3v) is 3.56. The molecule has 0 radical (unpaired) electrons. The number of carbonyl (C=O) groups is 2. The van der Waals surface area contributed by atoms with Gasteiger partial charge in [-0.1, -0.05) is 17.7 Å². The van der Waals surface area contributed by atoms with E-state index in [1.54, 1.807) is 12.1 Å². The molecule has 7 heteroatoms. The smallest absolute Gasteiger partial charge is 0.335 e. The zero-order chi connectivity index (χ0) is 16.4. The number of ether oxygens (including phenoxy) is 2. The second kappa shape index (κ2) is 6.18. The Morgan fingerprint density at radius 1 is 1.09 bits per heavy atom. The van der Waals surface area contributed by atoms with Gasteiger partial charge >= 0.3 is 5.97 Å². The highest BCUT2D eigenvalue weighted by Gasteiger charge is 2.19. The minimum absolute atomic E-state index is 0.0797. The number of anilines is 1. The summed E-state index contributed by atoms with van der Waals surface area (Å²) in [5, 5.41) is 11.8. The van der Waals surface area contributed by atoms with E-state index in [1.165, 1.54) is 24.3 Å². The van der Waals surface area contributed by atoms with E-state index < -0.39 is 11.9 Å². The van der Waals surface area contributed by atoms with Crippen LogP contribution in [-0.4, -0.2) is 30.2 Å². The Morgan fingerprint density at radius 3 is 2.48 bits per heavy atom. The number of nitrogens with one attached hydrogen (secondary N) is 1. The maximum Gasteiger partial charge on any atom is 0.335 e. The van der Waals surface area contributed by atoms with Gasteiger partial charge in [0.05, 0.1) is 16.1 Å². The van der Waals surface area contributed by atoms with Gasteiger partial charge in [0.15, 0.2) is 11.5 Å². The number of rotatable bonds is 3. The van der Waals surface area contributed by atoms with Crippen molar-refractivity contribution in [2.45, 2.75) is 0 Å². The second-order valence-electron chi connectivity index (χ2n) is 4.82. The Hall–Kier alpha value is -2.73. The van der Waals surface area contributed by atoms with Gasteiger partial charge in [0.25, 0.3) is 5.91 Å². The Balaban J connectivity index is 1.86. The lowest BCUT2D eigenvalue weighted by atomic mass is 10.1. The van der Waals surface area contributed by atoms with E-state index in [4.69, 9.17) is 26.2 Å². The maximum absolute atomic E-state index is 12.4. The number of benzene rings is 2. The Bertz CT molecular complexity index is 790. The molecular formula is C16H12ClNO5. The van der Waals surface area contributed by atoms with E-state index in [0.29, 0.717) is 30.4 Å². The van der Waals surface area contributed by atoms with Crippen molar-refractivity contribution >= 4 is 29.2 Å². The van der Waals surface area contributed by atoms with E-state index in [1.807, 2.05) is 0 Å². The summed E-state index contributed by atoms with van der Waals surface area (Å²) in [6, 6.07) is 8.98. The molecule has 23 heavy (non-hydrogen) atoms. The van der Waals surface area contributed by atoms with Crippen LogP contribution >= 0.6 is 11.6 Å². The molecule has 0 saturated heterocycles. The standard InChI is InChI=1S/C16H12ClNO5/c17-12-8-14-13(22-4-5-23-14)7-11(12)15(19)18-10-3-1-2-9(6-10)16(20)21/h1-3,6-8H,4-5H2,(H,18,19)(H,20,21). The fourth-order valence-corrected chi connectivity index (χ4v) is 2.41. The number of carboxylic acid groups (broad SMARTS) is 1. The molecule has 1 aliphatic rings. The predicted octanol–water partition coefficient (Wildman–Crippen LogP) is 3.06. The van der Waals surface area contributed by atoms with E-state index in [0.717, 1.165) is 0 Å². The zero-order valence-electron chi connectivity index (χ0n) is 11.8. The van der Waals surface area contributed by atoms with Crippen LogP contribution in [0.15, 0.2) is 36.4 Å². The first kappa shape index (κ1) is 15.2. The van der Waals surface area contributed by atoms with Crippen molar-refractivity contribution in [2.75, 3.05) is 18.5 Å². The van der Waals surface area contributed by atoms with Crippen molar-refractivity contribution in [3.8, 4) is 11.5 Å². The average Bonchev–Trinajstić information content (AvgIpc) is 2.54. The van der Waals surface area contributed by atoms with Crippen LogP contribution in [0.1, 0.15) is 20.7 Å². The molecule has 3 rings (SSSR count). The van der Waals surface area contributed by atoms with Crippen LogP contribution in [0.2, 0.25) is 5.02 Å². The zero-order valence-corrected chi connectivity index (χ0v) is 12.6. The summed E-state index contributed by atoms with van der Waals surface area (Å²) in [6.07, 6.45) is 0.